The summed E-state index contributed by atoms with van der Waals surface area (Å²) in [5.41, 5.74) is 2.76. The topological polar surface area (TPSA) is 46.6 Å². The van der Waals surface area contributed by atoms with Crippen molar-refractivity contribution in [3.8, 4) is 5.75 Å². The lowest BCUT2D eigenvalue weighted by Gasteiger charge is -2.24. The van der Waals surface area contributed by atoms with E-state index >= 15 is 0 Å². The van der Waals surface area contributed by atoms with Gasteiger partial charge in [0, 0.05) is 17.6 Å². The maximum atomic E-state index is 13.6. The van der Waals surface area contributed by atoms with Crippen LogP contribution < -0.4 is 4.74 Å². The van der Waals surface area contributed by atoms with Gasteiger partial charge in [0.05, 0.1) is 7.11 Å². The smallest absolute Gasteiger partial charge is 0.247 e. The molecule has 3 rings (SSSR count). The summed E-state index contributed by atoms with van der Waals surface area (Å²) in [7, 11) is -2.31. The van der Waals surface area contributed by atoms with E-state index in [-0.39, 0.29) is 18.0 Å². The molecule has 0 amide bonds. The molecular formula is C22H22BrNO3S. The van der Waals surface area contributed by atoms with Crippen LogP contribution in [0.1, 0.15) is 16.7 Å². The fraction of sp³-hybridized carbons (Fsp3) is 0.182. The summed E-state index contributed by atoms with van der Waals surface area (Å²) in [5, 5.41) is 0. The van der Waals surface area contributed by atoms with Gasteiger partial charge in [-0.25, -0.2) is 8.42 Å². The van der Waals surface area contributed by atoms with E-state index in [2.05, 4.69) is 15.9 Å². The molecule has 0 aromatic heterocycles. The van der Waals surface area contributed by atoms with Crippen molar-refractivity contribution >= 4 is 26.0 Å². The lowest BCUT2D eigenvalue weighted by Crippen LogP contribution is -2.30. The Balaban J connectivity index is 2.06. The number of hydrogen-bond donors (Lipinski definition) is 0. The molecule has 0 aliphatic carbocycles. The molecule has 0 unspecified atom stereocenters. The predicted octanol–water partition coefficient (Wildman–Crippen LogP) is 5.16. The second kappa shape index (κ2) is 8.90. The molecule has 3 aromatic rings. The van der Waals surface area contributed by atoms with Crippen LogP contribution in [0.25, 0.3) is 0 Å². The van der Waals surface area contributed by atoms with E-state index in [9.17, 15) is 8.42 Å². The van der Waals surface area contributed by atoms with E-state index in [0.29, 0.717) is 5.75 Å². The highest BCUT2D eigenvalue weighted by Crippen LogP contribution is 2.33. The Hall–Kier alpha value is -2.15. The third kappa shape index (κ3) is 4.63. The summed E-state index contributed by atoms with van der Waals surface area (Å²) in [4.78, 5) is 0.152. The maximum Gasteiger partial charge on any atom is 0.247 e. The monoisotopic (exact) mass is 459 g/mol. The quantitative estimate of drug-likeness (QED) is 0.490. The Morgan fingerprint density at radius 3 is 1.86 bits per heavy atom. The lowest BCUT2D eigenvalue weighted by molar-refractivity contribution is 0.382. The van der Waals surface area contributed by atoms with Crippen LogP contribution in [0.3, 0.4) is 0 Å². The Bertz CT molecular complexity index is 997. The summed E-state index contributed by atoms with van der Waals surface area (Å²) in [5.74, 6) is 0.340. The van der Waals surface area contributed by atoms with Gasteiger partial charge in [0.1, 0.15) is 10.6 Å². The van der Waals surface area contributed by atoms with E-state index in [0.717, 1.165) is 21.2 Å². The van der Waals surface area contributed by atoms with Gasteiger partial charge in [0.25, 0.3) is 0 Å². The number of halogens is 1. The number of rotatable bonds is 7. The molecule has 0 N–H and O–H groups in total. The zero-order valence-electron chi connectivity index (χ0n) is 15.8. The first kappa shape index (κ1) is 20.6. The van der Waals surface area contributed by atoms with Gasteiger partial charge in [0.2, 0.25) is 10.0 Å². The summed E-state index contributed by atoms with van der Waals surface area (Å²) >= 11 is 3.45. The molecule has 146 valence electrons. The van der Waals surface area contributed by atoms with Crippen LogP contribution >= 0.6 is 15.9 Å². The minimum atomic E-state index is -3.80. The molecular weight excluding hydrogens is 438 g/mol. The van der Waals surface area contributed by atoms with Crippen molar-refractivity contribution in [3.63, 3.8) is 0 Å². The molecule has 0 spiro atoms. The van der Waals surface area contributed by atoms with Gasteiger partial charge >= 0.3 is 0 Å². The van der Waals surface area contributed by atoms with Crippen LogP contribution in [-0.2, 0) is 23.1 Å². The maximum absolute atomic E-state index is 13.6. The molecule has 0 radical (unpaired) electrons. The zero-order valence-corrected chi connectivity index (χ0v) is 18.2. The molecule has 6 heteroatoms. The third-order valence-corrected chi connectivity index (χ3v) is 7.13. The normalized spacial score (nSPS) is 11.6. The standard InChI is InChI=1S/C22H22BrNO3S/c1-17-13-21(27-2)22(14-20(17)23)28(25,26)24(15-18-9-5-3-6-10-18)16-19-11-7-4-8-12-19/h3-14H,15-16H2,1-2H3. The SMILES string of the molecule is COc1cc(C)c(Br)cc1S(=O)(=O)N(Cc1ccccc1)Cc1ccccc1. The summed E-state index contributed by atoms with van der Waals surface area (Å²) in [6.07, 6.45) is 0. The first-order valence-corrected chi connectivity index (χ1v) is 11.1. The van der Waals surface area contributed by atoms with Crippen molar-refractivity contribution in [2.75, 3.05) is 7.11 Å². The molecule has 0 saturated heterocycles. The van der Waals surface area contributed by atoms with Crippen LogP contribution in [0.15, 0.2) is 82.2 Å². The first-order chi connectivity index (χ1) is 13.4. The minimum absolute atomic E-state index is 0.152. The van der Waals surface area contributed by atoms with Gasteiger partial charge in [-0.2, -0.15) is 4.31 Å². The van der Waals surface area contributed by atoms with Gasteiger partial charge in [0.15, 0.2) is 0 Å². The summed E-state index contributed by atoms with van der Waals surface area (Å²) in [6.45, 7) is 2.44. The molecule has 0 atom stereocenters. The fourth-order valence-electron chi connectivity index (χ4n) is 2.94. The number of nitrogens with zero attached hydrogens (tertiary/aromatic N) is 1. The molecule has 0 heterocycles. The van der Waals surface area contributed by atoms with Crippen LogP contribution in [0.4, 0.5) is 0 Å². The van der Waals surface area contributed by atoms with Crippen LogP contribution in [0.5, 0.6) is 5.75 Å². The van der Waals surface area contributed by atoms with Gasteiger partial charge in [-0.3, -0.25) is 0 Å². The van der Waals surface area contributed by atoms with Crippen LogP contribution in [0.2, 0.25) is 0 Å². The molecule has 4 nitrogen and oxygen atoms in total. The number of ether oxygens (including phenoxy) is 1. The number of sulfonamides is 1. The van der Waals surface area contributed by atoms with E-state index in [1.165, 1.54) is 11.4 Å². The Labute approximate surface area is 175 Å². The largest absolute Gasteiger partial charge is 0.495 e. The van der Waals surface area contributed by atoms with Gasteiger partial charge < -0.3 is 4.74 Å². The highest BCUT2D eigenvalue weighted by Gasteiger charge is 2.29. The molecule has 0 bridgehead atoms. The van der Waals surface area contributed by atoms with Gasteiger partial charge in [-0.15, -0.1) is 0 Å². The lowest BCUT2D eigenvalue weighted by atomic mass is 10.2. The predicted molar refractivity (Wildman–Crippen MR) is 115 cm³/mol. The Morgan fingerprint density at radius 1 is 0.893 bits per heavy atom. The number of benzene rings is 3. The third-order valence-electron chi connectivity index (χ3n) is 4.47. The number of aryl methyl sites for hydroxylation is 1. The molecule has 3 aromatic carbocycles. The van der Waals surface area contributed by atoms with Gasteiger partial charge in [-0.1, -0.05) is 76.6 Å². The Morgan fingerprint density at radius 2 is 1.39 bits per heavy atom. The fourth-order valence-corrected chi connectivity index (χ4v) is 5.01. The highest BCUT2D eigenvalue weighted by atomic mass is 79.9. The molecule has 0 fully saturated rings. The highest BCUT2D eigenvalue weighted by molar-refractivity contribution is 9.10. The second-order valence-corrected chi connectivity index (χ2v) is 9.26. The summed E-state index contributed by atoms with van der Waals surface area (Å²) < 4.78 is 34.8. The van der Waals surface area contributed by atoms with Gasteiger partial charge in [-0.05, 0) is 35.7 Å². The average molecular weight is 460 g/mol. The zero-order chi connectivity index (χ0) is 20.1. The van der Waals surface area contributed by atoms with E-state index in [1.807, 2.05) is 67.6 Å². The van der Waals surface area contributed by atoms with E-state index in [4.69, 9.17) is 4.74 Å². The number of methoxy groups -OCH3 is 1. The van der Waals surface area contributed by atoms with Crippen molar-refractivity contribution in [1.29, 1.82) is 0 Å². The van der Waals surface area contributed by atoms with Crippen molar-refractivity contribution in [3.05, 3.63) is 94.0 Å². The van der Waals surface area contributed by atoms with Crippen molar-refractivity contribution in [2.24, 2.45) is 0 Å². The van der Waals surface area contributed by atoms with Crippen molar-refractivity contribution in [2.45, 2.75) is 24.9 Å². The van der Waals surface area contributed by atoms with E-state index < -0.39 is 10.0 Å². The molecule has 28 heavy (non-hydrogen) atoms. The minimum Gasteiger partial charge on any atom is -0.495 e. The van der Waals surface area contributed by atoms with Crippen molar-refractivity contribution in [1.82, 2.24) is 4.31 Å². The number of hydrogen-bond acceptors (Lipinski definition) is 3. The van der Waals surface area contributed by atoms with Crippen molar-refractivity contribution < 1.29 is 13.2 Å². The molecule has 0 aliphatic rings. The summed E-state index contributed by atoms with van der Waals surface area (Å²) in [6, 6.07) is 22.5. The Kier molecular flexibility index (Phi) is 6.54. The molecule has 0 saturated carbocycles. The van der Waals surface area contributed by atoms with Crippen LogP contribution in [0, 0.1) is 6.92 Å². The van der Waals surface area contributed by atoms with E-state index in [1.54, 1.807) is 12.1 Å². The first-order valence-electron chi connectivity index (χ1n) is 8.84. The molecule has 0 aliphatic heterocycles. The van der Waals surface area contributed by atoms with Crippen LogP contribution in [-0.4, -0.2) is 19.8 Å². The average Bonchev–Trinajstić information content (AvgIpc) is 2.70. The second-order valence-electron chi connectivity index (χ2n) is 6.50.